The van der Waals surface area contributed by atoms with Gasteiger partial charge in [0.05, 0.1) is 5.92 Å². The van der Waals surface area contributed by atoms with Crippen molar-refractivity contribution >= 4 is 11.6 Å². The highest BCUT2D eigenvalue weighted by atomic mass is 16.2. The molecule has 0 unspecified atom stereocenters. The fourth-order valence-electron chi connectivity index (χ4n) is 4.30. The fraction of sp³-hybridized carbons (Fsp3) is 0.409. The van der Waals surface area contributed by atoms with Crippen LogP contribution in [-0.4, -0.2) is 36.5 Å². The molecule has 0 aliphatic carbocycles. The molecule has 0 aromatic heterocycles. The van der Waals surface area contributed by atoms with Gasteiger partial charge in [0, 0.05) is 31.4 Å². The van der Waals surface area contributed by atoms with Crippen molar-refractivity contribution in [3.05, 3.63) is 65.7 Å². The van der Waals surface area contributed by atoms with E-state index in [1.807, 2.05) is 25.1 Å². The van der Waals surface area contributed by atoms with Crippen molar-refractivity contribution in [2.45, 2.75) is 38.1 Å². The number of piperidine rings is 1. The number of amides is 1. The Morgan fingerprint density at radius 3 is 2.40 bits per heavy atom. The Balaban J connectivity index is 1.38. The first-order valence-corrected chi connectivity index (χ1v) is 9.42. The highest BCUT2D eigenvalue weighted by Crippen LogP contribution is 2.32. The van der Waals surface area contributed by atoms with Crippen molar-refractivity contribution in [3.8, 4) is 0 Å². The number of nitrogens with zero attached hydrogens (tertiary/aromatic N) is 2. The van der Waals surface area contributed by atoms with Crippen molar-refractivity contribution in [1.29, 1.82) is 0 Å². The Kier molecular flexibility index (Phi) is 4.48. The molecule has 2 heterocycles. The number of anilines is 1. The minimum Gasteiger partial charge on any atom is -0.368 e. The van der Waals surface area contributed by atoms with Crippen LogP contribution in [0, 0.1) is 0 Å². The maximum atomic E-state index is 12.8. The van der Waals surface area contributed by atoms with Gasteiger partial charge < -0.3 is 9.80 Å². The summed E-state index contributed by atoms with van der Waals surface area (Å²) in [5.41, 5.74) is 3.99. The summed E-state index contributed by atoms with van der Waals surface area (Å²) in [5.74, 6) is 0.219. The molecule has 1 atom stereocenters. The second kappa shape index (κ2) is 6.91. The van der Waals surface area contributed by atoms with Crippen LogP contribution in [0.25, 0.3) is 0 Å². The predicted molar refractivity (Wildman–Crippen MR) is 102 cm³/mol. The average molecular weight is 334 g/mol. The molecule has 2 aromatic carbocycles. The van der Waals surface area contributed by atoms with E-state index in [1.54, 1.807) is 0 Å². The van der Waals surface area contributed by atoms with Gasteiger partial charge in [-0.3, -0.25) is 4.79 Å². The summed E-state index contributed by atoms with van der Waals surface area (Å²) in [7, 11) is 0. The monoisotopic (exact) mass is 334 g/mol. The van der Waals surface area contributed by atoms with Crippen LogP contribution in [-0.2, 0) is 11.2 Å². The lowest BCUT2D eigenvalue weighted by Gasteiger charge is -2.39. The molecule has 2 aliphatic rings. The van der Waals surface area contributed by atoms with E-state index < -0.39 is 0 Å². The minimum atomic E-state index is -0.0507. The van der Waals surface area contributed by atoms with Crippen LogP contribution in [0.3, 0.4) is 0 Å². The molecular weight excluding hydrogens is 308 g/mol. The van der Waals surface area contributed by atoms with Crippen LogP contribution in [0.1, 0.15) is 36.8 Å². The van der Waals surface area contributed by atoms with E-state index in [4.69, 9.17) is 0 Å². The van der Waals surface area contributed by atoms with E-state index in [9.17, 15) is 4.79 Å². The smallest absolute Gasteiger partial charge is 0.229 e. The van der Waals surface area contributed by atoms with E-state index in [2.05, 4.69) is 46.2 Å². The summed E-state index contributed by atoms with van der Waals surface area (Å²) in [4.78, 5) is 17.5. The first-order valence-electron chi connectivity index (χ1n) is 9.42. The molecule has 1 amide bonds. The van der Waals surface area contributed by atoms with E-state index in [1.165, 1.54) is 11.3 Å². The van der Waals surface area contributed by atoms with Gasteiger partial charge in [0.1, 0.15) is 0 Å². The van der Waals surface area contributed by atoms with E-state index in [0.717, 1.165) is 44.5 Å². The molecule has 3 heteroatoms. The van der Waals surface area contributed by atoms with E-state index in [-0.39, 0.29) is 11.8 Å². The number of benzene rings is 2. The van der Waals surface area contributed by atoms with Gasteiger partial charge >= 0.3 is 0 Å². The normalized spacial score (nSPS) is 18.9. The van der Waals surface area contributed by atoms with Crippen molar-refractivity contribution in [2.24, 2.45) is 0 Å². The summed E-state index contributed by atoms with van der Waals surface area (Å²) in [5, 5.41) is 0. The van der Waals surface area contributed by atoms with E-state index in [0.29, 0.717) is 6.04 Å². The Morgan fingerprint density at radius 1 is 0.960 bits per heavy atom. The number of likely N-dealkylation sites (tertiary alicyclic amines) is 1. The Morgan fingerprint density at radius 2 is 1.64 bits per heavy atom. The summed E-state index contributed by atoms with van der Waals surface area (Å²) in [6.07, 6.45) is 3.30. The molecule has 1 fully saturated rings. The van der Waals surface area contributed by atoms with Gasteiger partial charge in [-0.2, -0.15) is 0 Å². The van der Waals surface area contributed by atoms with Gasteiger partial charge in [-0.15, -0.1) is 0 Å². The molecule has 0 N–H and O–H groups in total. The van der Waals surface area contributed by atoms with Crippen molar-refractivity contribution in [1.82, 2.24) is 4.90 Å². The van der Waals surface area contributed by atoms with Gasteiger partial charge in [-0.25, -0.2) is 0 Å². The summed E-state index contributed by atoms with van der Waals surface area (Å²) in [6, 6.07) is 19.5. The Labute approximate surface area is 150 Å². The van der Waals surface area contributed by atoms with Crippen LogP contribution in [0.2, 0.25) is 0 Å². The topological polar surface area (TPSA) is 23.6 Å². The minimum absolute atomic E-state index is 0.0507. The van der Waals surface area contributed by atoms with Crippen LogP contribution in [0.5, 0.6) is 0 Å². The third kappa shape index (κ3) is 3.15. The third-order valence-electron chi connectivity index (χ3n) is 5.81. The molecule has 2 aliphatic heterocycles. The van der Waals surface area contributed by atoms with Gasteiger partial charge in [0.25, 0.3) is 0 Å². The molecule has 0 saturated carbocycles. The quantitative estimate of drug-likeness (QED) is 0.851. The van der Waals surface area contributed by atoms with Gasteiger partial charge in [0.15, 0.2) is 0 Å². The number of carbonyl (C=O) groups excluding carboxylic acids is 1. The van der Waals surface area contributed by atoms with Crippen LogP contribution >= 0.6 is 0 Å². The standard InChI is InChI=1S/C22H26N2O/c1-17(18-7-3-2-4-8-18)22(25)23-14-12-20(13-15-23)24-16-11-19-9-5-6-10-21(19)24/h2-10,17,20H,11-16H2,1H3/t17-/m1/s1. The third-order valence-corrected chi connectivity index (χ3v) is 5.81. The summed E-state index contributed by atoms with van der Waals surface area (Å²) >= 11 is 0. The molecule has 0 spiro atoms. The predicted octanol–water partition coefficient (Wildman–Crippen LogP) is 3.84. The fourth-order valence-corrected chi connectivity index (χ4v) is 4.30. The molecule has 130 valence electrons. The number of hydrogen-bond acceptors (Lipinski definition) is 2. The number of rotatable bonds is 3. The second-order valence-corrected chi connectivity index (χ2v) is 7.26. The summed E-state index contributed by atoms with van der Waals surface area (Å²) in [6.45, 7) is 4.90. The molecule has 1 saturated heterocycles. The second-order valence-electron chi connectivity index (χ2n) is 7.26. The first-order chi connectivity index (χ1) is 12.2. The van der Waals surface area contributed by atoms with Crippen LogP contribution in [0.4, 0.5) is 5.69 Å². The van der Waals surface area contributed by atoms with Crippen molar-refractivity contribution < 1.29 is 4.79 Å². The number of hydrogen-bond donors (Lipinski definition) is 0. The van der Waals surface area contributed by atoms with Crippen LogP contribution in [0.15, 0.2) is 54.6 Å². The Bertz CT molecular complexity index is 735. The lowest BCUT2D eigenvalue weighted by molar-refractivity contribution is -0.133. The number of fused-ring (bicyclic) bond motifs is 1. The molecule has 0 radical (unpaired) electrons. The molecule has 3 nitrogen and oxygen atoms in total. The highest BCUT2D eigenvalue weighted by Gasteiger charge is 2.31. The largest absolute Gasteiger partial charge is 0.368 e. The maximum Gasteiger partial charge on any atom is 0.229 e. The van der Waals surface area contributed by atoms with E-state index >= 15 is 0 Å². The van der Waals surface area contributed by atoms with Crippen molar-refractivity contribution in [2.75, 3.05) is 24.5 Å². The highest BCUT2D eigenvalue weighted by molar-refractivity contribution is 5.83. The maximum absolute atomic E-state index is 12.8. The average Bonchev–Trinajstić information content (AvgIpc) is 3.12. The molecular formula is C22H26N2O. The lowest BCUT2D eigenvalue weighted by atomic mass is 9.97. The SMILES string of the molecule is C[C@@H](C(=O)N1CCC(N2CCc3ccccc32)CC1)c1ccccc1. The van der Waals surface area contributed by atoms with Gasteiger partial charge in [-0.1, -0.05) is 48.5 Å². The van der Waals surface area contributed by atoms with Gasteiger partial charge in [-0.05, 0) is 43.4 Å². The Hall–Kier alpha value is -2.29. The molecule has 2 aromatic rings. The summed E-state index contributed by atoms with van der Waals surface area (Å²) < 4.78 is 0. The van der Waals surface area contributed by atoms with Crippen LogP contribution < -0.4 is 4.90 Å². The molecule has 0 bridgehead atoms. The zero-order chi connectivity index (χ0) is 17.2. The molecule has 25 heavy (non-hydrogen) atoms. The number of para-hydroxylation sites is 1. The lowest BCUT2D eigenvalue weighted by Crippen LogP contribution is -2.47. The zero-order valence-corrected chi connectivity index (χ0v) is 14.9. The molecule has 4 rings (SSSR count). The van der Waals surface area contributed by atoms with Crippen molar-refractivity contribution in [3.63, 3.8) is 0 Å². The van der Waals surface area contributed by atoms with Gasteiger partial charge in [0.2, 0.25) is 5.91 Å². The number of carbonyl (C=O) groups is 1. The first kappa shape index (κ1) is 16.2. The zero-order valence-electron chi connectivity index (χ0n) is 14.9.